The van der Waals surface area contributed by atoms with Gasteiger partial charge in [-0.3, -0.25) is 0 Å². The Hall–Kier alpha value is -0.380. The van der Waals surface area contributed by atoms with Crippen molar-refractivity contribution < 1.29 is 4.74 Å². The molecular formula is C13H18BrNO. The minimum absolute atomic E-state index is 0.244. The molecular weight excluding hydrogens is 266 g/mol. The molecule has 0 fully saturated rings. The maximum absolute atomic E-state index is 5.86. The Morgan fingerprint density at radius 1 is 1.44 bits per heavy atom. The Morgan fingerprint density at radius 3 is 3.06 bits per heavy atom. The standard InChI is InChI=1S/C13H18BrNO/c1-15(8-7-14)10-13-12-5-3-2-4-11(12)6-9-16-13/h2-5,13H,6-10H2,1H3. The molecule has 1 aromatic rings. The molecule has 1 aromatic carbocycles. The molecule has 3 heteroatoms. The highest BCUT2D eigenvalue weighted by Crippen LogP contribution is 2.27. The van der Waals surface area contributed by atoms with Gasteiger partial charge in [-0.25, -0.2) is 0 Å². The molecule has 0 amide bonds. The van der Waals surface area contributed by atoms with Gasteiger partial charge in [0.15, 0.2) is 0 Å². The molecule has 2 nitrogen and oxygen atoms in total. The van der Waals surface area contributed by atoms with Crippen molar-refractivity contribution in [3.8, 4) is 0 Å². The van der Waals surface area contributed by atoms with Crippen LogP contribution in [0.4, 0.5) is 0 Å². The van der Waals surface area contributed by atoms with Gasteiger partial charge in [0.05, 0.1) is 12.7 Å². The molecule has 1 atom stereocenters. The summed E-state index contributed by atoms with van der Waals surface area (Å²) >= 11 is 3.46. The van der Waals surface area contributed by atoms with Gasteiger partial charge in [-0.2, -0.15) is 0 Å². The molecule has 16 heavy (non-hydrogen) atoms. The molecule has 0 aliphatic carbocycles. The summed E-state index contributed by atoms with van der Waals surface area (Å²) in [5.41, 5.74) is 2.82. The van der Waals surface area contributed by atoms with Gasteiger partial charge in [0.2, 0.25) is 0 Å². The van der Waals surface area contributed by atoms with Crippen molar-refractivity contribution in [2.75, 3.05) is 32.1 Å². The van der Waals surface area contributed by atoms with Gasteiger partial charge in [0.25, 0.3) is 0 Å². The molecule has 1 aliphatic heterocycles. The summed E-state index contributed by atoms with van der Waals surface area (Å²) in [6.45, 7) is 2.88. The second kappa shape index (κ2) is 5.80. The van der Waals surface area contributed by atoms with Crippen LogP contribution in [0.3, 0.4) is 0 Å². The molecule has 1 unspecified atom stereocenters. The average molecular weight is 284 g/mol. The van der Waals surface area contributed by atoms with Gasteiger partial charge in [-0.1, -0.05) is 40.2 Å². The first-order valence-electron chi connectivity index (χ1n) is 5.75. The molecule has 0 radical (unpaired) electrons. The maximum atomic E-state index is 5.86. The average Bonchev–Trinajstić information content (AvgIpc) is 2.30. The first kappa shape index (κ1) is 12.1. The molecule has 2 rings (SSSR count). The number of halogens is 1. The molecule has 0 N–H and O–H groups in total. The fourth-order valence-electron chi connectivity index (χ4n) is 2.15. The quantitative estimate of drug-likeness (QED) is 0.788. The first-order chi connectivity index (χ1) is 7.81. The highest BCUT2D eigenvalue weighted by molar-refractivity contribution is 9.09. The summed E-state index contributed by atoms with van der Waals surface area (Å²) in [7, 11) is 2.14. The van der Waals surface area contributed by atoms with Gasteiger partial charge in [-0.05, 0) is 24.6 Å². The molecule has 0 saturated heterocycles. The zero-order valence-corrected chi connectivity index (χ0v) is 11.2. The van der Waals surface area contributed by atoms with Crippen molar-refractivity contribution in [1.82, 2.24) is 4.90 Å². The third-order valence-electron chi connectivity index (χ3n) is 3.04. The fourth-order valence-corrected chi connectivity index (χ4v) is 2.75. The number of hydrogen-bond acceptors (Lipinski definition) is 2. The lowest BCUT2D eigenvalue weighted by atomic mass is 9.97. The number of alkyl halides is 1. The highest BCUT2D eigenvalue weighted by atomic mass is 79.9. The van der Waals surface area contributed by atoms with Crippen LogP contribution in [0.1, 0.15) is 17.2 Å². The number of nitrogens with zero attached hydrogens (tertiary/aromatic N) is 1. The first-order valence-corrected chi connectivity index (χ1v) is 6.87. The third kappa shape index (κ3) is 2.84. The van der Waals surface area contributed by atoms with E-state index in [-0.39, 0.29) is 6.10 Å². The number of rotatable bonds is 4. The largest absolute Gasteiger partial charge is 0.372 e. The Bertz CT molecular complexity index is 342. The van der Waals surface area contributed by atoms with E-state index in [0.29, 0.717) is 0 Å². The SMILES string of the molecule is CN(CCBr)CC1OCCc2ccccc21. The molecule has 88 valence electrons. The predicted octanol–water partition coefficient (Wildman–Crippen LogP) is 2.63. The summed E-state index contributed by atoms with van der Waals surface area (Å²) in [4.78, 5) is 2.31. The number of likely N-dealkylation sites (N-methyl/N-ethyl adjacent to an activating group) is 1. The van der Waals surface area contributed by atoms with E-state index in [4.69, 9.17) is 4.74 Å². The van der Waals surface area contributed by atoms with E-state index in [1.807, 2.05) is 0 Å². The fraction of sp³-hybridized carbons (Fsp3) is 0.538. The van der Waals surface area contributed by atoms with Gasteiger partial charge in [0, 0.05) is 18.4 Å². The predicted molar refractivity (Wildman–Crippen MR) is 70.1 cm³/mol. The molecule has 0 spiro atoms. The van der Waals surface area contributed by atoms with Crippen molar-refractivity contribution in [1.29, 1.82) is 0 Å². The Labute approximate surface area is 106 Å². The number of hydrogen-bond donors (Lipinski definition) is 0. The smallest absolute Gasteiger partial charge is 0.0954 e. The lowest BCUT2D eigenvalue weighted by Crippen LogP contribution is -2.30. The third-order valence-corrected chi connectivity index (χ3v) is 3.39. The lowest BCUT2D eigenvalue weighted by molar-refractivity contribution is 0.0222. The van der Waals surface area contributed by atoms with Gasteiger partial charge in [-0.15, -0.1) is 0 Å². The van der Waals surface area contributed by atoms with Crippen molar-refractivity contribution in [2.45, 2.75) is 12.5 Å². The summed E-state index contributed by atoms with van der Waals surface area (Å²) in [6, 6.07) is 8.63. The van der Waals surface area contributed by atoms with E-state index in [2.05, 4.69) is 52.1 Å². The van der Waals surface area contributed by atoms with Crippen LogP contribution >= 0.6 is 15.9 Å². The highest BCUT2D eigenvalue weighted by Gasteiger charge is 2.21. The van der Waals surface area contributed by atoms with E-state index < -0.39 is 0 Å². The van der Waals surface area contributed by atoms with E-state index in [1.165, 1.54) is 11.1 Å². The zero-order chi connectivity index (χ0) is 11.4. The minimum atomic E-state index is 0.244. The van der Waals surface area contributed by atoms with Crippen molar-refractivity contribution >= 4 is 15.9 Å². The monoisotopic (exact) mass is 283 g/mol. The summed E-state index contributed by atoms with van der Waals surface area (Å²) in [5.74, 6) is 0. The van der Waals surface area contributed by atoms with Gasteiger partial charge >= 0.3 is 0 Å². The summed E-state index contributed by atoms with van der Waals surface area (Å²) in [5, 5.41) is 1.01. The van der Waals surface area contributed by atoms with E-state index in [0.717, 1.165) is 31.4 Å². The zero-order valence-electron chi connectivity index (χ0n) is 9.66. The topological polar surface area (TPSA) is 12.5 Å². The number of fused-ring (bicyclic) bond motifs is 1. The van der Waals surface area contributed by atoms with Crippen molar-refractivity contribution in [3.63, 3.8) is 0 Å². The van der Waals surface area contributed by atoms with Crippen LogP contribution in [0.2, 0.25) is 0 Å². The Morgan fingerprint density at radius 2 is 2.25 bits per heavy atom. The van der Waals surface area contributed by atoms with Crippen LogP contribution in [0.15, 0.2) is 24.3 Å². The normalized spacial score (nSPS) is 19.8. The molecule has 1 heterocycles. The van der Waals surface area contributed by atoms with Crippen LogP contribution in [-0.4, -0.2) is 37.0 Å². The van der Waals surface area contributed by atoms with Gasteiger partial charge < -0.3 is 9.64 Å². The minimum Gasteiger partial charge on any atom is -0.372 e. The molecule has 0 saturated carbocycles. The van der Waals surface area contributed by atoms with Crippen molar-refractivity contribution in [2.24, 2.45) is 0 Å². The van der Waals surface area contributed by atoms with Crippen LogP contribution < -0.4 is 0 Å². The van der Waals surface area contributed by atoms with E-state index in [9.17, 15) is 0 Å². The molecule has 0 bridgehead atoms. The second-order valence-corrected chi connectivity index (χ2v) is 5.05. The molecule has 0 aromatic heterocycles. The summed E-state index contributed by atoms with van der Waals surface area (Å²) in [6.07, 6.45) is 1.29. The Balaban J connectivity index is 2.07. The van der Waals surface area contributed by atoms with Crippen LogP contribution in [-0.2, 0) is 11.2 Å². The van der Waals surface area contributed by atoms with Crippen LogP contribution in [0.25, 0.3) is 0 Å². The second-order valence-electron chi connectivity index (χ2n) is 4.26. The maximum Gasteiger partial charge on any atom is 0.0954 e. The molecule has 1 aliphatic rings. The van der Waals surface area contributed by atoms with Crippen LogP contribution in [0, 0.1) is 0 Å². The van der Waals surface area contributed by atoms with E-state index in [1.54, 1.807) is 0 Å². The lowest BCUT2D eigenvalue weighted by Gasteiger charge is -2.29. The Kier molecular flexibility index (Phi) is 4.38. The van der Waals surface area contributed by atoms with Crippen molar-refractivity contribution in [3.05, 3.63) is 35.4 Å². The van der Waals surface area contributed by atoms with Crippen LogP contribution in [0.5, 0.6) is 0 Å². The number of ether oxygens (including phenoxy) is 1. The van der Waals surface area contributed by atoms with Gasteiger partial charge in [0.1, 0.15) is 0 Å². The summed E-state index contributed by atoms with van der Waals surface area (Å²) < 4.78 is 5.86. The van der Waals surface area contributed by atoms with E-state index >= 15 is 0 Å². The number of benzene rings is 1.